The molecular weight excluding hydrogens is 312 g/mol. The molecule has 0 unspecified atom stereocenters. The minimum atomic E-state index is 0.755. The predicted molar refractivity (Wildman–Crippen MR) is 100 cm³/mol. The van der Waals surface area contributed by atoms with Crippen molar-refractivity contribution in [2.24, 2.45) is 7.05 Å². The summed E-state index contributed by atoms with van der Waals surface area (Å²) < 4.78 is 4.52. The molecule has 0 aliphatic heterocycles. The van der Waals surface area contributed by atoms with E-state index in [-0.39, 0.29) is 0 Å². The van der Waals surface area contributed by atoms with Crippen molar-refractivity contribution >= 4 is 31.5 Å². The van der Waals surface area contributed by atoms with Gasteiger partial charge in [-0.15, -0.1) is 11.3 Å². The number of fused-ring (bicyclic) bond motifs is 3. The van der Waals surface area contributed by atoms with Crippen molar-refractivity contribution in [1.82, 2.24) is 0 Å². The summed E-state index contributed by atoms with van der Waals surface area (Å²) in [6.07, 6.45) is 2.15. The van der Waals surface area contributed by atoms with Gasteiger partial charge < -0.3 is 0 Å². The van der Waals surface area contributed by atoms with Crippen LogP contribution in [0.3, 0.4) is 0 Å². The molecule has 0 atom stereocenters. The van der Waals surface area contributed by atoms with E-state index in [4.69, 9.17) is 0 Å². The highest BCUT2D eigenvalue weighted by atomic mass is 32.1. The molecule has 3 heteroatoms. The molecule has 4 aromatic rings. The van der Waals surface area contributed by atoms with Gasteiger partial charge in [0.1, 0.15) is 13.1 Å². The van der Waals surface area contributed by atoms with Crippen LogP contribution >= 0.6 is 11.3 Å². The first-order valence-corrected chi connectivity index (χ1v) is 8.73. The molecule has 0 bridgehead atoms. The van der Waals surface area contributed by atoms with Crippen molar-refractivity contribution < 1.29 is 4.57 Å². The number of hydrogen-bond donors (Lipinski definition) is 0. The first kappa shape index (κ1) is 14.9. The Kier molecular flexibility index (Phi) is 3.37. The van der Waals surface area contributed by atoms with E-state index in [1.165, 1.54) is 37.9 Å². The van der Waals surface area contributed by atoms with E-state index < -0.39 is 0 Å². The Bertz CT molecular complexity index is 1150. The number of hydrogen-bond acceptors (Lipinski definition) is 2. The van der Waals surface area contributed by atoms with Crippen molar-refractivity contribution in [2.45, 2.75) is 13.8 Å². The van der Waals surface area contributed by atoms with Crippen LogP contribution in [0.25, 0.3) is 31.4 Å². The number of nitriles is 1. The van der Waals surface area contributed by atoms with Crippen LogP contribution in [0.1, 0.15) is 16.7 Å². The molecule has 0 radical (unpaired) electrons. The van der Waals surface area contributed by atoms with Crippen LogP contribution in [0.2, 0.25) is 0 Å². The Labute approximate surface area is 145 Å². The second-order valence-electron chi connectivity index (χ2n) is 6.23. The highest BCUT2D eigenvalue weighted by Crippen LogP contribution is 2.41. The second-order valence-corrected chi connectivity index (χ2v) is 7.25. The van der Waals surface area contributed by atoms with Crippen molar-refractivity contribution in [2.75, 3.05) is 0 Å². The lowest BCUT2D eigenvalue weighted by atomic mass is 10.0. The summed E-state index contributed by atoms with van der Waals surface area (Å²) in [6.45, 7) is 4.26. The largest absolute Gasteiger partial charge is 0.213 e. The summed E-state index contributed by atoms with van der Waals surface area (Å²) in [4.78, 5) is 0. The molecule has 2 heterocycles. The summed E-state index contributed by atoms with van der Waals surface area (Å²) in [5.41, 5.74) is 5.72. The molecule has 24 heavy (non-hydrogen) atoms. The Morgan fingerprint density at radius 1 is 0.958 bits per heavy atom. The summed E-state index contributed by atoms with van der Waals surface area (Å²) >= 11 is 1.73. The summed E-state index contributed by atoms with van der Waals surface area (Å²) in [6, 6.07) is 17.0. The number of benzene rings is 2. The molecule has 0 saturated carbocycles. The Hall–Kier alpha value is -2.70. The van der Waals surface area contributed by atoms with Gasteiger partial charge in [0.25, 0.3) is 0 Å². The summed E-state index contributed by atoms with van der Waals surface area (Å²) in [5, 5.41) is 11.8. The molecular formula is C21H17N2S+. The fraction of sp³-hybridized carbons (Fsp3) is 0.143. The van der Waals surface area contributed by atoms with Gasteiger partial charge in [0.2, 0.25) is 5.69 Å². The van der Waals surface area contributed by atoms with Crippen LogP contribution in [0.4, 0.5) is 0 Å². The van der Waals surface area contributed by atoms with Gasteiger partial charge in [0.05, 0.1) is 15.8 Å². The SMILES string of the molecule is Cc1ccc(-c2c(C)ccc3c2sc2c(C#N)cccc23)[n+](C)c1. The van der Waals surface area contributed by atoms with E-state index in [0.29, 0.717) is 0 Å². The molecule has 0 spiro atoms. The number of thiophene rings is 1. The number of aryl methyl sites for hydroxylation is 3. The molecule has 2 aromatic heterocycles. The first-order valence-electron chi connectivity index (χ1n) is 7.91. The maximum atomic E-state index is 9.43. The highest BCUT2D eigenvalue weighted by Gasteiger charge is 2.19. The van der Waals surface area contributed by atoms with Gasteiger partial charge >= 0.3 is 0 Å². The van der Waals surface area contributed by atoms with Gasteiger partial charge in [-0.05, 0) is 31.5 Å². The van der Waals surface area contributed by atoms with E-state index in [1.807, 2.05) is 12.1 Å². The van der Waals surface area contributed by atoms with Crippen LogP contribution in [0, 0.1) is 25.2 Å². The second kappa shape index (κ2) is 5.43. The molecule has 2 nitrogen and oxygen atoms in total. The van der Waals surface area contributed by atoms with Gasteiger partial charge in [0.15, 0.2) is 6.20 Å². The molecule has 0 fully saturated rings. The predicted octanol–water partition coefficient (Wildman–Crippen LogP) is 5.03. The van der Waals surface area contributed by atoms with Crippen molar-refractivity contribution in [3.8, 4) is 17.3 Å². The van der Waals surface area contributed by atoms with Crippen LogP contribution < -0.4 is 4.57 Å². The third-order valence-electron chi connectivity index (χ3n) is 4.53. The van der Waals surface area contributed by atoms with Gasteiger partial charge in [0, 0.05) is 27.1 Å². The highest BCUT2D eigenvalue weighted by molar-refractivity contribution is 7.26. The minimum absolute atomic E-state index is 0.755. The molecule has 4 rings (SSSR count). The number of aromatic nitrogens is 1. The molecule has 0 amide bonds. The Balaban J connectivity index is 2.16. The van der Waals surface area contributed by atoms with E-state index in [9.17, 15) is 5.26 Å². The smallest absolute Gasteiger partial charge is 0.201 e. The monoisotopic (exact) mass is 329 g/mol. The van der Waals surface area contributed by atoms with Gasteiger partial charge in [-0.3, -0.25) is 0 Å². The lowest BCUT2D eigenvalue weighted by molar-refractivity contribution is -0.660. The fourth-order valence-corrected chi connectivity index (χ4v) is 4.74. The van der Waals surface area contributed by atoms with Gasteiger partial charge in [-0.2, -0.15) is 5.26 Å². The standard InChI is InChI=1S/C21H17N2S/c1-13-7-10-18(23(3)12-13)19-14(2)8-9-17-16-6-4-5-15(11-22)20(16)24-21(17)19/h4-10,12H,1-3H3/q+1. The maximum Gasteiger partial charge on any atom is 0.213 e. The third kappa shape index (κ3) is 2.11. The minimum Gasteiger partial charge on any atom is -0.201 e. The average molecular weight is 329 g/mol. The zero-order valence-electron chi connectivity index (χ0n) is 13.9. The van der Waals surface area contributed by atoms with Crippen LogP contribution in [0.5, 0.6) is 0 Å². The molecule has 116 valence electrons. The van der Waals surface area contributed by atoms with Crippen LogP contribution in [-0.4, -0.2) is 0 Å². The molecule has 0 N–H and O–H groups in total. The van der Waals surface area contributed by atoms with E-state index >= 15 is 0 Å². The van der Waals surface area contributed by atoms with E-state index in [0.717, 1.165) is 10.3 Å². The Morgan fingerprint density at radius 2 is 1.75 bits per heavy atom. The Morgan fingerprint density at radius 3 is 2.50 bits per heavy atom. The van der Waals surface area contributed by atoms with Crippen LogP contribution in [0.15, 0.2) is 48.7 Å². The van der Waals surface area contributed by atoms with E-state index in [2.05, 4.69) is 68.1 Å². The molecule has 0 aliphatic rings. The number of nitrogens with zero attached hydrogens (tertiary/aromatic N) is 2. The van der Waals surface area contributed by atoms with Crippen molar-refractivity contribution in [3.05, 3.63) is 65.4 Å². The van der Waals surface area contributed by atoms with Gasteiger partial charge in [-0.1, -0.05) is 24.3 Å². The molecule has 0 saturated heterocycles. The fourth-order valence-electron chi connectivity index (χ4n) is 3.37. The molecule has 0 aliphatic carbocycles. The lowest BCUT2D eigenvalue weighted by Crippen LogP contribution is -2.31. The zero-order chi connectivity index (χ0) is 16.8. The average Bonchev–Trinajstić information content (AvgIpc) is 2.94. The summed E-state index contributed by atoms with van der Waals surface area (Å²) in [5.74, 6) is 0. The summed E-state index contributed by atoms with van der Waals surface area (Å²) in [7, 11) is 2.09. The normalized spacial score (nSPS) is 11.1. The zero-order valence-corrected chi connectivity index (χ0v) is 14.7. The third-order valence-corrected chi connectivity index (χ3v) is 5.81. The van der Waals surface area contributed by atoms with E-state index in [1.54, 1.807) is 11.3 Å². The topological polar surface area (TPSA) is 27.7 Å². The lowest BCUT2D eigenvalue weighted by Gasteiger charge is -2.06. The quantitative estimate of drug-likeness (QED) is 0.450. The maximum absolute atomic E-state index is 9.43. The van der Waals surface area contributed by atoms with Crippen molar-refractivity contribution in [3.63, 3.8) is 0 Å². The first-order chi connectivity index (χ1) is 11.6. The van der Waals surface area contributed by atoms with Gasteiger partial charge in [-0.25, -0.2) is 4.57 Å². The van der Waals surface area contributed by atoms with Crippen molar-refractivity contribution in [1.29, 1.82) is 5.26 Å². The number of rotatable bonds is 1. The number of pyridine rings is 1. The van der Waals surface area contributed by atoms with Crippen LogP contribution in [-0.2, 0) is 7.05 Å². The molecule has 2 aromatic carbocycles.